The first-order valence-electron chi connectivity index (χ1n) is 5.63. The monoisotopic (exact) mass is 274 g/mol. The smallest absolute Gasteiger partial charge is 0.232 e. The molecule has 1 heterocycles. The van der Waals surface area contributed by atoms with E-state index < -0.39 is 0 Å². The fourth-order valence-corrected chi connectivity index (χ4v) is 2.08. The van der Waals surface area contributed by atoms with E-state index in [1.165, 1.54) is 18.2 Å². The van der Waals surface area contributed by atoms with Crippen LogP contribution in [-0.4, -0.2) is 5.78 Å². The fraction of sp³-hybridized carbons (Fsp3) is 0. The lowest BCUT2D eigenvalue weighted by Gasteiger charge is -1.98. The van der Waals surface area contributed by atoms with Gasteiger partial charge >= 0.3 is 0 Å². The second-order valence-corrected chi connectivity index (χ2v) is 4.57. The number of ether oxygens (including phenoxy) is 1. The third kappa shape index (κ3) is 2.25. The standard InChI is InChI=1S/C15H8ClFO2/c16-10-4-5-13-12(8-10)15(18)14(19-13)7-9-2-1-3-11(17)6-9/h1-8H/b14-7-. The number of allylic oxidation sites excluding steroid dienone is 1. The highest BCUT2D eigenvalue weighted by Crippen LogP contribution is 2.33. The van der Waals surface area contributed by atoms with Gasteiger partial charge in [-0.15, -0.1) is 0 Å². The Morgan fingerprint density at radius 1 is 1.16 bits per heavy atom. The van der Waals surface area contributed by atoms with Gasteiger partial charge in [-0.3, -0.25) is 4.79 Å². The lowest BCUT2D eigenvalue weighted by molar-refractivity contribution is 0.101. The van der Waals surface area contributed by atoms with Crippen LogP contribution in [-0.2, 0) is 0 Å². The molecule has 2 nitrogen and oxygen atoms in total. The van der Waals surface area contributed by atoms with Gasteiger partial charge in [0.2, 0.25) is 5.78 Å². The van der Waals surface area contributed by atoms with Crippen molar-refractivity contribution >= 4 is 23.5 Å². The summed E-state index contributed by atoms with van der Waals surface area (Å²) in [4.78, 5) is 12.1. The topological polar surface area (TPSA) is 26.3 Å². The van der Waals surface area contributed by atoms with Crippen LogP contribution >= 0.6 is 11.6 Å². The Bertz CT molecular complexity index is 707. The molecule has 0 atom stereocenters. The molecule has 0 saturated carbocycles. The zero-order chi connectivity index (χ0) is 13.4. The molecule has 0 unspecified atom stereocenters. The minimum absolute atomic E-state index is 0.169. The highest BCUT2D eigenvalue weighted by Gasteiger charge is 2.27. The van der Waals surface area contributed by atoms with Crippen LogP contribution in [0.3, 0.4) is 0 Å². The van der Waals surface area contributed by atoms with Crippen LogP contribution in [0.25, 0.3) is 6.08 Å². The number of Topliss-reactive ketones (excluding diaryl/α,β-unsaturated/α-hetero) is 1. The van der Waals surface area contributed by atoms with Crippen molar-refractivity contribution < 1.29 is 13.9 Å². The van der Waals surface area contributed by atoms with Crippen LogP contribution in [0.4, 0.5) is 4.39 Å². The largest absolute Gasteiger partial charge is 0.452 e. The summed E-state index contributed by atoms with van der Waals surface area (Å²) >= 11 is 5.84. The minimum Gasteiger partial charge on any atom is -0.452 e. The summed E-state index contributed by atoms with van der Waals surface area (Å²) in [6.45, 7) is 0. The molecular formula is C15H8ClFO2. The average Bonchev–Trinajstić information content (AvgIpc) is 2.67. The molecular weight excluding hydrogens is 267 g/mol. The Hall–Kier alpha value is -2.13. The van der Waals surface area contributed by atoms with Gasteiger partial charge < -0.3 is 4.74 Å². The van der Waals surface area contributed by atoms with E-state index in [-0.39, 0.29) is 17.4 Å². The first kappa shape index (κ1) is 11.9. The van der Waals surface area contributed by atoms with Crippen LogP contribution in [0.5, 0.6) is 5.75 Å². The van der Waals surface area contributed by atoms with E-state index >= 15 is 0 Å². The van der Waals surface area contributed by atoms with Crippen LogP contribution in [0, 0.1) is 5.82 Å². The summed E-state index contributed by atoms with van der Waals surface area (Å²) in [5, 5.41) is 0.475. The first-order chi connectivity index (χ1) is 9.13. The van der Waals surface area contributed by atoms with Gasteiger partial charge in [-0.05, 0) is 42.0 Å². The minimum atomic E-state index is -0.361. The van der Waals surface area contributed by atoms with Crippen LogP contribution in [0.1, 0.15) is 15.9 Å². The van der Waals surface area contributed by atoms with E-state index in [4.69, 9.17) is 16.3 Å². The number of halogens is 2. The molecule has 1 aliphatic heterocycles. The molecule has 0 radical (unpaired) electrons. The van der Waals surface area contributed by atoms with Crippen molar-refractivity contribution in [1.82, 2.24) is 0 Å². The van der Waals surface area contributed by atoms with Crippen LogP contribution in [0.2, 0.25) is 5.02 Å². The highest BCUT2D eigenvalue weighted by molar-refractivity contribution is 6.31. The molecule has 4 heteroatoms. The number of fused-ring (bicyclic) bond motifs is 1. The third-order valence-corrected chi connectivity index (χ3v) is 3.01. The van der Waals surface area contributed by atoms with Gasteiger partial charge in [0.25, 0.3) is 0 Å². The van der Waals surface area contributed by atoms with E-state index in [1.54, 1.807) is 30.3 Å². The molecule has 0 amide bonds. The molecule has 94 valence electrons. The lowest BCUT2D eigenvalue weighted by Crippen LogP contribution is -1.98. The molecule has 0 bridgehead atoms. The molecule has 1 aliphatic rings. The zero-order valence-electron chi connectivity index (χ0n) is 9.69. The van der Waals surface area contributed by atoms with Crippen molar-refractivity contribution in [2.45, 2.75) is 0 Å². The quantitative estimate of drug-likeness (QED) is 0.732. The van der Waals surface area contributed by atoms with E-state index in [2.05, 4.69) is 0 Å². The number of ketones is 1. The summed E-state index contributed by atoms with van der Waals surface area (Å²) in [7, 11) is 0. The van der Waals surface area contributed by atoms with Crippen molar-refractivity contribution in [2.75, 3.05) is 0 Å². The average molecular weight is 275 g/mol. The maximum atomic E-state index is 13.1. The number of rotatable bonds is 1. The Balaban J connectivity index is 2.00. The van der Waals surface area contributed by atoms with Crippen molar-refractivity contribution in [3.8, 4) is 5.75 Å². The molecule has 0 spiro atoms. The van der Waals surface area contributed by atoms with Gasteiger partial charge in [-0.1, -0.05) is 23.7 Å². The number of hydrogen-bond donors (Lipinski definition) is 0. The Morgan fingerprint density at radius 2 is 2.00 bits per heavy atom. The molecule has 3 rings (SSSR count). The molecule has 0 N–H and O–H groups in total. The van der Waals surface area contributed by atoms with E-state index in [9.17, 15) is 9.18 Å². The number of hydrogen-bond acceptors (Lipinski definition) is 2. The summed E-state index contributed by atoms with van der Waals surface area (Å²) < 4.78 is 18.5. The molecule has 0 fully saturated rings. The molecule has 2 aromatic rings. The van der Waals surface area contributed by atoms with Crippen LogP contribution in [0.15, 0.2) is 48.2 Å². The second-order valence-electron chi connectivity index (χ2n) is 4.14. The molecule has 0 aliphatic carbocycles. The fourth-order valence-electron chi connectivity index (χ4n) is 1.91. The summed E-state index contributed by atoms with van der Waals surface area (Å²) in [5.41, 5.74) is 0.998. The maximum Gasteiger partial charge on any atom is 0.232 e. The van der Waals surface area contributed by atoms with Gasteiger partial charge in [0, 0.05) is 5.02 Å². The summed E-state index contributed by atoms with van der Waals surface area (Å²) in [6, 6.07) is 10.8. The van der Waals surface area contributed by atoms with Crippen molar-refractivity contribution in [3.63, 3.8) is 0 Å². The third-order valence-electron chi connectivity index (χ3n) is 2.78. The summed E-state index contributed by atoms with van der Waals surface area (Å²) in [5.74, 6) is 0.0297. The zero-order valence-corrected chi connectivity index (χ0v) is 10.4. The van der Waals surface area contributed by atoms with E-state index in [0.29, 0.717) is 21.9 Å². The highest BCUT2D eigenvalue weighted by atomic mass is 35.5. The molecule has 0 saturated heterocycles. The summed E-state index contributed by atoms with van der Waals surface area (Å²) in [6.07, 6.45) is 1.51. The van der Waals surface area contributed by atoms with E-state index in [1.807, 2.05) is 0 Å². The number of carbonyl (C=O) groups is 1. The number of carbonyl (C=O) groups excluding carboxylic acids is 1. The predicted octanol–water partition coefficient (Wildman–Crippen LogP) is 4.10. The second kappa shape index (κ2) is 4.52. The molecule has 0 aromatic heterocycles. The SMILES string of the molecule is O=C1/C(=C/c2cccc(F)c2)Oc2ccc(Cl)cc21. The Kier molecular flexibility index (Phi) is 2.84. The normalized spacial score (nSPS) is 15.5. The Labute approximate surface area is 114 Å². The Morgan fingerprint density at radius 3 is 2.79 bits per heavy atom. The van der Waals surface area contributed by atoms with Crippen molar-refractivity contribution in [1.29, 1.82) is 0 Å². The van der Waals surface area contributed by atoms with Crippen molar-refractivity contribution in [3.05, 3.63) is 70.2 Å². The molecule has 2 aromatic carbocycles. The van der Waals surface area contributed by atoms with Crippen molar-refractivity contribution in [2.24, 2.45) is 0 Å². The molecule has 19 heavy (non-hydrogen) atoms. The van der Waals surface area contributed by atoms with Gasteiger partial charge in [0.15, 0.2) is 5.76 Å². The van der Waals surface area contributed by atoms with Gasteiger partial charge in [0.05, 0.1) is 5.56 Å². The first-order valence-corrected chi connectivity index (χ1v) is 6.01. The maximum absolute atomic E-state index is 13.1. The number of benzene rings is 2. The van der Waals surface area contributed by atoms with Gasteiger partial charge in [0.1, 0.15) is 11.6 Å². The predicted molar refractivity (Wildman–Crippen MR) is 70.8 cm³/mol. The lowest BCUT2D eigenvalue weighted by atomic mass is 10.1. The van der Waals surface area contributed by atoms with Gasteiger partial charge in [-0.2, -0.15) is 0 Å². The van der Waals surface area contributed by atoms with Crippen LogP contribution < -0.4 is 4.74 Å². The van der Waals surface area contributed by atoms with E-state index in [0.717, 1.165) is 0 Å². The van der Waals surface area contributed by atoms with Gasteiger partial charge in [-0.25, -0.2) is 4.39 Å².